The van der Waals surface area contributed by atoms with Gasteiger partial charge in [-0.2, -0.15) is 0 Å². The Hall–Kier alpha value is -5.72. The van der Waals surface area contributed by atoms with Crippen molar-refractivity contribution < 1.29 is 0 Å². The highest BCUT2D eigenvalue weighted by Gasteiger charge is 2.45. The lowest BCUT2D eigenvalue weighted by Crippen LogP contribution is -2.28. The molecule has 0 aromatic heterocycles. The molecular formula is C45H30. The predicted octanol–water partition coefficient (Wildman–Crippen LogP) is 11.7. The summed E-state index contributed by atoms with van der Waals surface area (Å²) in [6.07, 6.45) is 0. The Morgan fingerprint density at radius 3 is 1.33 bits per heavy atom. The van der Waals surface area contributed by atoms with Crippen LogP contribution >= 0.6 is 0 Å². The molecule has 8 aromatic carbocycles. The van der Waals surface area contributed by atoms with Gasteiger partial charge in [-0.3, -0.25) is 0 Å². The Morgan fingerprint density at radius 2 is 0.733 bits per heavy atom. The molecule has 0 saturated carbocycles. The molecule has 0 nitrogen and oxygen atoms in total. The number of rotatable bonds is 4. The van der Waals surface area contributed by atoms with Gasteiger partial charge in [0.15, 0.2) is 0 Å². The second kappa shape index (κ2) is 10.2. The Labute approximate surface area is 263 Å². The van der Waals surface area contributed by atoms with Crippen LogP contribution < -0.4 is 0 Å². The molecule has 0 unspecified atom stereocenters. The Kier molecular flexibility index (Phi) is 5.83. The van der Waals surface area contributed by atoms with Crippen LogP contribution in [-0.2, 0) is 5.41 Å². The van der Waals surface area contributed by atoms with Crippen molar-refractivity contribution >= 4 is 21.5 Å². The molecule has 0 amide bonds. The number of hydrogen-bond donors (Lipinski definition) is 0. The second-order valence-electron chi connectivity index (χ2n) is 12.1. The lowest BCUT2D eigenvalue weighted by Gasteiger charge is -2.34. The topological polar surface area (TPSA) is 0 Å². The zero-order valence-electron chi connectivity index (χ0n) is 24.8. The maximum Gasteiger partial charge on any atom is 0.0713 e. The molecule has 0 atom stereocenters. The van der Waals surface area contributed by atoms with Gasteiger partial charge in [0.2, 0.25) is 0 Å². The average molecular weight is 571 g/mol. The van der Waals surface area contributed by atoms with E-state index in [4.69, 9.17) is 0 Å². The molecule has 45 heavy (non-hydrogen) atoms. The summed E-state index contributed by atoms with van der Waals surface area (Å²) in [6, 6.07) is 67.2. The summed E-state index contributed by atoms with van der Waals surface area (Å²) in [5.74, 6) is 0. The van der Waals surface area contributed by atoms with Gasteiger partial charge in [0.25, 0.3) is 0 Å². The van der Waals surface area contributed by atoms with E-state index >= 15 is 0 Å². The minimum Gasteiger partial charge on any atom is -0.0619 e. The first-order valence-electron chi connectivity index (χ1n) is 15.7. The molecule has 1 aliphatic rings. The highest BCUT2D eigenvalue weighted by atomic mass is 14.5. The van der Waals surface area contributed by atoms with Crippen molar-refractivity contribution in [2.75, 3.05) is 0 Å². The van der Waals surface area contributed by atoms with Crippen molar-refractivity contribution in [3.63, 3.8) is 0 Å². The molecule has 0 radical (unpaired) electrons. The lowest BCUT2D eigenvalue weighted by atomic mass is 9.67. The van der Waals surface area contributed by atoms with Crippen molar-refractivity contribution in [1.29, 1.82) is 0 Å². The first-order valence-corrected chi connectivity index (χ1v) is 15.7. The smallest absolute Gasteiger partial charge is 0.0619 e. The maximum absolute atomic E-state index is 2.42. The molecule has 1 aliphatic carbocycles. The van der Waals surface area contributed by atoms with Gasteiger partial charge in [0.05, 0.1) is 5.41 Å². The SMILES string of the molecule is c1cc(-c2ccc3ccccc3c2)cc(C2(c3ccc(-c4ccc5ccccc5c4)cc3)c3ccccc3-c3ccccc32)c1. The van der Waals surface area contributed by atoms with Crippen molar-refractivity contribution in [1.82, 2.24) is 0 Å². The first kappa shape index (κ1) is 25.7. The Balaban J connectivity index is 1.25. The highest BCUT2D eigenvalue weighted by Crippen LogP contribution is 2.56. The fourth-order valence-electron chi connectivity index (χ4n) is 7.61. The Bertz CT molecular complexity index is 2330. The molecule has 9 rings (SSSR count). The van der Waals surface area contributed by atoms with Crippen LogP contribution in [0.4, 0.5) is 0 Å². The first-order chi connectivity index (χ1) is 22.3. The summed E-state index contributed by atoms with van der Waals surface area (Å²) in [4.78, 5) is 0. The zero-order chi connectivity index (χ0) is 29.8. The third-order valence-corrected chi connectivity index (χ3v) is 9.73. The van der Waals surface area contributed by atoms with Crippen molar-refractivity contribution in [3.8, 4) is 33.4 Å². The summed E-state index contributed by atoms with van der Waals surface area (Å²) in [7, 11) is 0. The van der Waals surface area contributed by atoms with E-state index in [1.807, 2.05) is 0 Å². The molecule has 0 aliphatic heterocycles. The Morgan fingerprint density at radius 1 is 0.267 bits per heavy atom. The largest absolute Gasteiger partial charge is 0.0713 e. The molecular weight excluding hydrogens is 540 g/mol. The van der Waals surface area contributed by atoms with Crippen LogP contribution in [0.3, 0.4) is 0 Å². The summed E-state index contributed by atoms with van der Waals surface area (Å²) >= 11 is 0. The standard InChI is InChI=1S/C45H30/c1-3-12-34-28-37(22-20-31(34)10-1)33-24-26-39(27-25-33)45(43-18-7-5-16-41(43)42-17-6-8-19-44(42)45)40-15-9-14-36(30-40)38-23-21-32-11-2-4-13-35(32)29-38/h1-30H. The lowest BCUT2D eigenvalue weighted by molar-refractivity contribution is 0.769. The molecule has 0 heteroatoms. The van der Waals surface area contributed by atoms with Crippen LogP contribution in [0.15, 0.2) is 182 Å². The minimum absolute atomic E-state index is 0.443. The van der Waals surface area contributed by atoms with E-state index in [1.54, 1.807) is 0 Å². The van der Waals surface area contributed by atoms with Gasteiger partial charge < -0.3 is 0 Å². The van der Waals surface area contributed by atoms with Crippen LogP contribution in [0, 0.1) is 0 Å². The van der Waals surface area contributed by atoms with Crippen molar-refractivity contribution in [2.45, 2.75) is 5.41 Å². The summed E-state index contributed by atoms with van der Waals surface area (Å²) in [6.45, 7) is 0. The molecule has 0 bridgehead atoms. The van der Waals surface area contributed by atoms with Crippen LogP contribution in [0.25, 0.3) is 54.9 Å². The van der Waals surface area contributed by atoms with Crippen LogP contribution in [0.2, 0.25) is 0 Å². The van der Waals surface area contributed by atoms with Crippen LogP contribution in [0.5, 0.6) is 0 Å². The fraction of sp³-hybridized carbons (Fsp3) is 0.0222. The molecule has 210 valence electrons. The van der Waals surface area contributed by atoms with E-state index in [-0.39, 0.29) is 0 Å². The third kappa shape index (κ3) is 4.00. The molecule has 0 saturated heterocycles. The normalized spacial score (nSPS) is 13.1. The summed E-state index contributed by atoms with van der Waals surface area (Å²) < 4.78 is 0. The predicted molar refractivity (Wildman–Crippen MR) is 190 cm³/mol. The van der Waals surface area contributed by atoms with E-state index in [0.29, 0.717) is 0 Å². The van der Waals surface area contributed by atoms with E-state index in [9.17, 15) is 0 Å². The zero-order valence-corrected chi connectivity index (χ0v) is 24.8. The van der Waals surface area contributed by atoms with Gasteiger partial charge in [0, 0.05) is 0 Å². The quantitative estimate of drug-likeness (QED) is 0.197. The second-order valence-corrected chi connectivity index (χ2v) is 12.1. The van der Waals surface area contributed by atoms with Crippen molar-refractivity contribution in [2.24, 2.45) is 0 Å². The van der Waals surface area contributed by atoms with Crippen LogP contribution in [-0.4, -0.2) is 0 Å². The van der Waals surface area contributed by atoms with Gasteiger partial charge in [-0.1, -0.05) is 164 Å². The average Bonchev–Trinajstić information content (AvgIpc) is 3.42. The van der Waals surface area contributed by atoms with E-state index in [1.165, 1.54) is 77.2 Å². The summed E-state index contributed by atoms with van der Waals surface area (Å²) in [5, 5.41) is 5.05. The maximum atomic E-state index is 2.42. The molecule has 0 N–H and O–H groups in total. The van der Waals surface area contributed by atoms with Gasteiger partial charge in [-0.25, -0.2) is 0 Å². The summed E-state index contributed by atoms with van der Waals surface area (Å²) in [5.41, 5.74) is 12.3. The van der Waals surface area contributed by atoms with Crippen LogP contribution in [0.1, 0.15) is 22.3 Å². The van der Waals surface area contributed by atoms with Gasteiger partial charge in [0.1, 0.15) is 0 Å². The highest BCUT2D eigenvalue weighted by molar-refractivity contribution is 5.90. The van der Waals surface area contributed by atoms with E-state index in [0.717, 1.165) is 0 Å². The molecule has 0 heterocycles. The number of fused-ring (bicyclic) bond motifs is 5. The fourth-order valence-corrected chi connectivity index (χ4v) is 7.61. The number of benzene rings is 8. The van der Waals surface area contributed by atoms with E-state index in [2.05, 4.69) is 182 Å². The van der Waals surface area contributed by atoms with Gasteiger partial charge >= 0.3 is 0 Å². The number of hydrogen-bond acceptors (Lipinski definition) is 0. The van der Waals surface area contributed by atoms with Gasteiger partial charge in [-0.05, 0) is 95.4 Å². The van der Waals surface area contributed by atoms with Gasteiger partial charge in [-0.15, -0.1) is 0 Å². The molecule has 0 fully saturated rings. The molecule has 8 aromatic rings. The minimum atomic E-state index is -0.443. The van der Waals surface area contributed by atoms with E-state index < -0.39 is 5.41 Å². The van der Waals surface area contributed by atoms with Crippen molar-refractivity contribution in [3.05, 3.63) is 204 Å². The third-order valence-electron chi connectivity index (χ3n) is 9.73. The monoisotopic (exact) mass is 570 g/mol. The molecule has 0 spiro atoms.